The summed E-state index contributed by atoms with van der Waals surface area (Å²) in [5, 5.41) is 0.327. The van der Waals surface area contributed by atoms with Crippen molar-refractivity contribution in [1.29, 1.82) is 0 Å². The Kier molecular flexibility index (Phi) is 9.78. The third kappa shape index (κ3) is 6.66. The molecule has 0 N–H and O–H groups in total. The molecule has 2 atom stereocenters. The van der Waals surface area contributed by atoms with Gasteiger partial charge in [0.15, 0.2) is 17.3 Å². The summed E-state index contributed by atoms with van der Waals surface area (Å²) in [5.41, 5.74) is 2.01. The molecule has 2 aromatic rings. The Labute approximate surface area is 212 Å². The van der Waals surface area contributed by atoms with Gasteiger partial charge in [0.2, 0.25) is 5.75 Å². The van der Waals surface area contributed by atoms with Crippen LogP contribution in [-0.4, -0.2) is 63.4 Å². The Hall–Kier alpha value is -2.35. The fraction of sp³-hybridized carbons (Fsp3) is 0.519. The standard InChI is InChI=1S/C27H35ClFNO5/c1-17(21-6-8-22(29)9-7-21)10-13-34-27-25(35-15-12-30-11-14-33-16-18(30)2)23(20(4)31)19(3)24(28)26(27)32-5/h6-9,17-18H,10-16H2,1-5H3. The third-order valence-corrected chi connectivity index (χ3v) is 6.92. The summed E-state index contributed by atoms with van der Waals surface area (Å²) in [6.07, 6.45) is 0.667. The summed E-state index contributed by atoms with van der Waals surface area (Å²) < 4.78 is 36.7. The molecule has 6 nitrogen and oxygen atoms in total. The average molecular weight is 508 g/mol. The number of benzene rings is 2. The zero-order chi connectivity index (χ0) is 25.5. The Morgan fingerprint density at radius 3 is 2.51 bits per heavy atom. The first-order valence-corrected chi connectivity index (χ1v) is 12.4. The summed E-state index contributed by atoms with van der Waals surface area (Å²) in [7, 11) is 1.52. The first kappa shape index (κ1) is 27.2. The van der Waals surface area contributed by atoms with E-state index in [9.17, 15) is 9.18 Å². The largest absolute Gasteiger partial charge is 0.491 e. The molecular weight excluding hydrogens is 473 g/mol. The van der Waals surface area contributed by atoms with Crippen molar-refractivity contribution in [1.82, 2.24) is 4.90 Å². The molecule has 0 radical (unpaired) electrons. The van der Waals surface area contributed by atoms with Gasteiger partial charge in [0.1, 0.15) is 12.4 Å². The molecular formula is C27H35ClFNO5. The molecule has 2 unspecified atom stereocenters. The summed E-state index contributed by atoms with van der Waals surface area (Å²) in [4.78, 5) is 14.9. The number of halogens is 2. The molecule has 1 fully saturated rings. The van der Waals surface area contributed by atoms with Crippen LogP contribution >= 0.6 is 11.6 Å². The van der Waals surface area contributed by atoms with Crippen molar-refractivity contribution in [3.63, 3.8) is 0 Å². The number of hydrogen-bond donors (Lipinski definition) is 0. The van der Waals surface area contributed by atoms with Gasteiger partial charge in [-0.1, -0.05) is 30.7 Å². The molecule has 1 saturated heterocycles. The Morgan fingerprint density at radius 2 is 1.89 bits per heavy atom. The van der Waals surface area contributed by atoms with Gasteiger partial charge in [-0.25, -0.2) is 4.39 Å². The van der Waals surface area contributed by atoms with Crippen LogP contribution in [0.1, 0.15) is 54.6 Å². The molecule has 1 aliphatic rings. The number of methoxy groups -OCH3 is 1. The van der Waals surface area contributed by atoms with Crippen LogP contribution in [-0.2, 0) is 4.74 Å². The van der Waals surface area contributed by atoms with E-state index in [2.05, 4.69) is 18.7 Å². The van der Waals surface area contributed by atoms with E-state index in [0.29, 0.717) is 78.8 Å². The number of Topliss-reactive ketones (excluding diaryl/α,β-unsaturated/α-hetero) is 1. The van der Waals surface area contributed by atoms with E-state index in [-0.39, 0.29) is 17.5 Å². The van der Waals surface area contributed by atoms with Crippen LogP contribution in [0.5, 0.6) is 17.2 Å². The van der Waals surface area contributed by atoms with E-state index in [1.54, 1.807) is 19.1 Å². The minimum absolute atomic E-state index is 0.141. The van der Waals surface area contributed by atoms with Gasteiger partial charge in [-0.05, 0) is 56.4 Å². The maximum atomic E-state index is 13.3. The van der Waals surface area contributed by atoms with Crippen LogP contribution in [0.25, 0.3) is 0 Å². The topological polar surface area (TPSA) is 57.2 Å². The molecule has 3 rings (SSSR count). The molecule has 192 valence electrons. The fourth-order valence-corrected chi connectivity index (χ4v) is 4.55. The summed E-state index contributed by atoms with van der Waals surface area (Å²) in [6, 6.07) is 6.76. The second kappa shape index (κ2) is 12.6. The number of rotatable bonds is 11. The van der Waals surface area contributed by atoms with Gasteiger partial charge in [-0.2, -0.15) is 0 Å². The van der Waals surface area contributed by atoms with E-state index >= 15 is 0 Å². The highest BCUT2D eigenvalue weighted by Crippen LogP contribution is 2.48. The number of morpholine rings is 1. The van der Waals surface area contributed by atoms with Crippen molar-refractivity contribution in [2.75, 3.05) is 46.6 Å². The molecule has 0 bridgehead atoms. The van der Waals surface area contributed by atoms with Crippen LogP contribution < -0.4 is 14.2 Å². The average Bonchev–Trinajstić information content (AvgIpc) is 2.83. The van der Waals surface area contributed by atoms with Crippen LogP contribution in [0.15, 0.2) is 24.3 Å². The molecule has 1 aliphatic heterocycles. The maximum absolute atomic E-state index is 13.3. The monoisotopic (exact) mass is 507 g/mol. The first-order valence-electron chi connectivity index (χ1n) is 12.0. The molecule has 35 heavy (non-hydrogen) atoms. The lowest BCUT2D eigenvalue weighted by Crippen LogP contribution is -2.45. The molecule has 0 spiro atoms. The lowest BCUT2D eigenvalue weighted by molar-refractivity contribution is -0.00531. The van der Waals surface area contributed by atoms with Crippen molar-refractivity contribution in [2.45, 2.75) is 46.1 Å². The minimum Gasteiger partial charge on any atom is -0.491 e. The second-order valence-corrected chi connectivity index (χ2v) is 9.34. The van der Waals surface area contributed by atoms with Crippen LogP contribution in [0.3, 0.4) is 0 Å². The summed E-state index contributed by atoms with van der Waals surface area (Å²) in [6.45, 7) is 11.0. The number of ether oxygens (including phenoxy) is 4. The lowest BCUT2D eigenvalue weighted by Gasteiger charge is -2.33. The molecule has 0 saturated carbocycles. The molecule has 8 heteroatoms. The smallest absolute Gasteiger partial charge is 0.205 e. The predicted octanol–water partition coefficient (Wildman–Crippen LogP) is 5.67. The van der Waals surface area contributed by atoms with Gasteiger partial charge in [0.05, 0.1) is 37.5 Å². The van der Waals surface area contributed by atoms with Crippen LogP contribution in [0.2, 0.25) is 5.02 Å². The van der Waals surface area contributed by atoms with Crippen molar-refractivity contribution in [3.8, 4) is 17.2 Å². The highest BCUT2D eigenvalue weighted by molar-refractivity contribution is 6.34. The van der Waals surface area contributed by atoms with Crippen molar-refractivity contribution in [3.05, 3.63) is 51.8 Å². The van der Waals surface area contributed by atoms with Crippen molar-refractivity contribution >= 4 is 17.4 Å². The van der Waals surface area contributed by atoms with E-state index in [1.807, 2.05) is 0 Å². The van der Waals surface area contributed by atoms with E-state index in [0.717, 1.165) is 12.1 Å². The summed E-state index contributed by atoms with van der Waals surface area (Å²) >= 11 is 6.58. The van der Waals surface area contributed by atoms with Gasteiger partial charge in [0.25, 0.3) is 0 Å². The lowest BCUT2D eigenvalue weighted by atomic mass is 9.98. The SMILES string of the molecule is COc1c(Cl)c(C)c(C(C)=O)c(OCCN2CCOCC2C)c1OCCC(C)c1ccc(F)cc1. The van der Waals surface area contributed by atoms with E-state index in [1.165, 1.54) is 26.2 Å². The van der Waals surface area contributed by atoms with E-state index < -0.39 is 0 Å². The quantitative estimate of drug-likeness (QED) is 0.365. The number of ketones is 1. The zero-order valence-corrected chi connectivity index (χ0v) is 21.9. The van der Waals surface area contributed by atoms with Crippen molar-refractivity contribution < 1.29 is 28.1 Å². The number of nitrogens with zero attached hydrogens (tertiary/aromatic N) is 1. The molecule has 0 aromatic heterocycles. The maximum Gasteiger partial charge on any atom is 0.205 e. The fourth-order valence-electron chi connectivity index (χ4n) is 4.30. The second-order valence-electron chi connectivity index (χ2n) is 8.96. The number of carbonyl (C=O) groups is 1. The number of hydrogen-bond acceptors (Lipinski definition) is 6. The number of carbonyl (C=O) groups excluding carboxylic acids is 1. The normalized spacial score (nSPS) is 17.2. The predicted molar refractivity (Wildman–Crippen MR) is 135 cm³/mol. The van der Waals surface area contributed by atoms with Gasteiger partial charge in [0, 0.05) is 19.1 Å². The van der Waals surface area contributed by atoms with Crippen LogP contribution in [0, 0.1) is 12.7 Å². The molecule has 0 aliphatic carbocycles. The van der Waals surface area contributed by atoms with Gasteiger partial charge in [-0.15, -0.1) is 0 Å². The van der Waals surface area contributed by atoms with Gasteiger partial charge < -0.3 is 18.9 Å². The van der Waals surface area contributed by atoms with Gasteiger partial charge >= 0.3 is 0 Å². The Balaban J connectivity index is 1.81. The molecule has 0 amide bonds. The molecule has 1 heterocycles. The minimum atomic E-state index is -0.263. The highest BCUT2D eigenvalue weighted by Gasteiger charge is 2.28. The highest BCUT2D eigenvalue weighted by atomic mass is 35.5. The third-order valence-electron chi connectivity index (χ3n) is 6.47. The Bertz CT molecular complexity index is 1010. The van der Waals surface area contributed by atoms with Crippen LogP contribution in [0.4, 0.5) is 4.39 Å². The molecule has 2 aromatic carbocycles. The van der Waals surface area contributed by atoms with Gasteiger partial charge in [-0.3, -0.25) is 9.69 Å². The first-order chi connectivity index (χ1) is 16.7. The Morgan fingerprint density at radius 1 is 1.20 bits per heavy atom. The summed E-state index contributed by atoms with van der Waals surface area (Å²) in [5.74, 6) is 0.745. The van der Waals surface area contributed by atoms with Crippen molar-refractivity contribution in [2.24, 2.45) is 0 Å². The zero-order valence-electron chi connectivity index (χ0n) is 21.2. The van der Waals surface area contributed by atoms with E-state index in [4.69, 9.17) is 30.5 Å².